The van der Waals surface area contributed by atoms with Crippen molar-refractivity contribution in [2.75, 3.05) is 6.79 Å². The molecule has 0 unspecified atom stereocenters. The van der Waals surface area contributed by atoms with E-state index in [0.717, 1.165) is 5.56 Å². The number of fused-ring (bicyclic) bond motifs is 1. The van der Waals surface area contributed by atoms with E-state index in [0.29, 0.717) is 16.5 Å². The average molecular weight is 383 g/mol. The van der Waals surface area contributed by atoms with E-state index in [1.165, 1.54) is 24.3 Å². The Balaban J connectivity index is 1.61. The summed E-state index contributed by atoms with van der Waals surface area (Å²) in [7, 11) is 0. The minimum Gasteiger partial charge on any atom is -0.458 e. The average Bonchev–Trinajstić information content (AvgIpc) is 3.07. The Morgan fingerprint density at radius 3 is 2.81 bits per heavy atom. The van der Waals surface area contributed by atoms with Crippen LogP contribution in [0.5, 0.6) is 17.2 Å². The number of halogens is 3. The SMILES string of the molecule is O=C(/C=C/c1ccc2c(c1)OCO2)OCc1cc(Cl)ccc1OC(F)F. The highest BCUT2D eigenvalue weighted by Crippen LogP contribution is 2.32. The van der Waals surface area contributed by atoms with Gasteiger partial charge in [-0.3, -0.25) is 0 Å². The van der Waals surface area contributed by atoms with Gasteiger partial charge in [0.15, 0.2) is 11.5 Å². The molecule has 136 valence electrons. The highest BCUT2D eigenvalue weighted by Gasteiger charge is 2.13. The number of hydrogen-bond donors (Lipinski definition) is 0. The second kappa shape index (κ2) is 8.05. The molecule has 0 N–H and O–H groups in total. The molecule has 3 rings (SSSR count). The molecule has 5 nitrogen and oxygen atoms in total. The fourth-order valence-electron chi connectivity index (χ4n) is 2.25. The zero-order valence-corrected chi connectivity index (χ0v) is 14.0. The van der Waals surface area contributed by atoms with Crippen LogP contribution in [0.3, 0.4) is 0 Å². The van der Waals surface area contributed by atoms with E-state index >= 15 is 0 Å². The van der Waals surface area contributed by atoms with Crippen LogP contribution in [-0.2, 0) is 16.1 Å². The third-order valence-electron chi connectivity index (χ3n) is 3.42. The normalized spacial score (nSPS) is 12.6. The van der Waals surface area contributed by atoms with Gasteiger partial charge in [0.25, 0.3) is 0 Å². The van der Waals surface area contributed by atoms with Gasteiger partial charge in [-0.05, 0) is 42.0 Å². The van der Waals surface area contributed by atoms with Gasteiger partial charge < -0.3 is 18.9 Å². The van der Waals surface area contributed by atoms with E-state index in [2.05, 4.69) is 4.74 Å². The van der Waals surface area contributed by atoms with Crippen molar-refractivity contribution in [2.45, 2.75) is 13.2 Å². The first-order valence-corrected chi connectivity index (χ1v) is 7.87. The number of benzene rings is 2. The predicted molar refractivity (Wildman–Crippen MR) is 89.5 cm³/mol. The maximum absolute atomic E-state index is 12.4. The summed E-state index contributed by atoms with van der Waals surface area (Å²) < 4.78 is 44.7. The molecule has 1 aliphatic heterocycles. The number of esters is 1. The molecule has 0 radical (unpaired) electrons. The zero-order valence-electron chi connectivity index (χ0n) is 13.3. The summed E-state index contributed by atoms with van der Waals surface area (Å²) in [4.78, 5) is 11.9. The Bertz CT molecular complexity index is 838. The molecule has 0 spiro atoms. The number of carbonyl (C=O) groups excluding carboxylic acids is 1. The van der Waals surface area contributed by atoms with Gasteiger partial charge >= 0.3 is 12.6 Å². The number of alkyl halides is 2. The Morgan fingerprint density at radius 1 is 1.19 bits per heavy atom. The molecule has 0 aromatic heterocycles. The summed E-state index contributed by atoms with van der Waals surface area (Å²) in [6, 6.07) is 9.30. The summed E-state index contributed by atoms with van der Waals surface area (Å²) in [5.41, 5.74) is 0.957. The minimum atomic E-state index is -2.99. The largest absolute Gasteiger partial charge is 0.458 e. The lowest BCUT2D eigenvalue weighted by atomic mass is 10.2. The molecule has 2 aromatic rings. The van der Waals surface area contributed by atoms with Crippen LogP contribution in [0.15, 0.2) is 42.5 Å². The second-order valence-electron chi connectivity index (χ2n) is 5.18. The third kappa shape index (κ3) is 4.64. The molecule has 26 heavy (non-hydrogen) atoms. The van der Waals surface area contributed by atoms with E-state index in [4.69, 9.17) is 25.8 Å². The van der Waals surface area contributed by atoms with Gasteiger partial charge in [-0.2, -0.15) is 8.78 Å². The van der Waals surface area contributed by atoms with Gasteiger partial charge in [-0.1, -0.05) is 17.7 Å². The lowest BCUT2D eigenvalue weighted by molar-refractivity contribution is -0.139. The van der Waals surface area contributed by atoms with Crippen molar-refractivity contribution in [3.63, 3.8) is 0 Å². The van der Waals surface area contributed by atoms with E-state index in [9.17, 15) is 13.6 Å². The molecule has 1 heterocycles. The van der Waals surface area contributed by atoms with Gasteiger partial charge in [-0.25, -0.2) is 4.79 Å². The van der Waals surface area contributed by atoms with Crippen LogP contribution in [-0.4, -0.2) is 19.4 Å². The van der Waals surface area contributed by atoms with Crippen molar-refractivity contribution < 1.29 is 32.5 Å². The molecule has 0 atom stereocenters. The van der Waals surface area contributed by atoms with Crippen molar-refractivity contribution in [2.24, 2.45) is 0 Å². The van der Waals surface area contributed by atoms with Crippen LogP contribution in [0.1, 0.15) is 11.1 Å². The standard InChI is InChI=1S/C18H13ClF2O5/c19-13-3-5-14(26-18(20)21)12(8-13)9-23-17(22)6-2-11-1-4-15-16(7-11)25-10-24-15/h1-8,18H,9-10H2/b6-2+. The topological polar surface area (TPSA) is 54.0 Å². The molecule has 0 amide bonds. The van der Waals surface area contributed by atoms with Crippen molar-refractivity contribution >= 4 is 23.6 Å². The van der Waals surface area contributed by atoms with Crippen molar-refractivity contribution in [3.05, 3.63) is 58.6 Å². The van der Waals surface area contributed by atoms with Crippen LogP contribution in [0.2, 0.25) is 5.02 Å². The molecule has 8 heteroatoms. The predicted octanol–water partition coefficient (Wildman–Crippen LogP) is 4.43. The molecule has 2 aromatic carbocycles. The molecule has 0 fully saturated rings. The highest BCUT2D eigenvalue weighted by molar-refractivity contribution is 6.30. The van der Waals surface area contributed by atoms with Crippen molar-refractivity contribution in [1.29, 1.82) is 0 Å². The Hall–Kier alpha value is -2.80. The van der Waals surface area contributed by atoms with E-state index in [-0.39, 0.29) is 24.7 Å². The zero-order chi connectivity index (χ0) is 18.5. The van der Waals surface area contributed by atoms with Gasteiger partial charge in [0.1, 0.15) is 12.4 Å². The van der Waals surface area contributed by atoms with Crippen LogP contribution >= 0.6 is 11.6 Å². The van der Waals surface area contributed by atoms with E-state index in [1.54, 1.807) is 24.3 Å². The van der Waals surface area contributed by atoms with Crippen molar-refractivity contribution in [3.8, 4) is 17.2 Å². The Kier molecular flexibility index (Phi) is 5.58. The minimum absolute atomic E-state index is 0.100. The Labute approximate surface area is 152 Å². The summed E-state index contributed by atoms with van der Waals surface area (Å²) in [5.74, 6) is 0.480. The molecule has 0 aliphatic carbocycles. The fraction of sp³-hybridized carbons (Fsp3) is 0.167. The Morgan fingerprint density at radius 2 is 2.00 bits per heavy atom. The molecule has 0 bridgehead atoms. The second-order valence-corrected chi connectivity index (χ2v) is 5.62. The molecule has 0 saturated carbocycles. The van der Waals surface area contributed by atoms with E-state index in [1.807, 2.05) is 0 Å². The number of carbonyl (C=O) groups is 1. The van der Waals surface area contributed by atoms with Crippen LogP contribution in [0, 0.1) is 0 Å². The molecular formula is C18H13ClF2O5. The molecule has 1 aliphatic rings. The van der Waals surface area contributed by atoms with Gasteiger partial charge in [0, 0.05) is 16.7 Å². The van der Waals surface area contributed by atoms with Crippen LogP contribution < -0.4 is 14.2 Å². The summed E-state index contributed by atoms with van der Waals surface area (Å²) >= 11 is 5.84. The van der Waals surface area contributed by atoms with E-state index < -0.39 is 12.6 Å². The number of hydrogen-bond acceptors (Lipinski definition) is 5. The number of rotatable bonds is 6. The molecular weight excluding hydrogens is 370 g/mol. The maximum Gasteiger partial charge on any atom is 0.387 e. The highest BCUT2D eigenvalue weighted by atomic mass is 35.5. The summed E-state index contributed by atoms with van der Waals surface area (Å²) in [6.07, 6.45) is 2.76. The van der Waals surface area contributed by atoms with Gasteiger partial charge in [0.2, 0.25) is 6.79 Å². The van der Waals surface area contributed by atoms with Crippen molar-refractivity contribution in [1.82, 2.24) is 0 Å². The summed E-state index contributed by atoms with van der Waals surface area (Å²) in [5, 5.41) is 0.313. The van der Waals surface area contributed by atoms with Gasteiger partial charge in [-0.15, -0.1) is 0 Å². The monoisotopic (exact) mass is 382 g/mol. The third-order valence-corrected chi connectivity index (χ3v) is 3.65. The maximum atomic E-state index is 12.4. The number of ether oxygens (including phenoxy) is 4. The first kappa shape index (κ1) is 18.0. The lowest BCUT2D eigenvalue weighted by Crippen LogP contribution is -2.07. The first-order valence-electron chi connectivity index (χ1n) is 7.49. The summed E-state index contributed by atoms with van der Waals surface area (Å²) in [6.45, 7) is -3.09. The first-order chi connectivity index (χ1) is 12.5. The molecule has 0 saturated heterocycles. The quantitative estimate of drug-likeness (QED) is 0.546. The van der Waals surface area contributed by atoms with Gasteiger partial charge in [0.05, 0.1) is 0 Å². The van der Waals surface area contributed by atoms with Crippen LogP contribution in [0.25, 0.3) is 6.08 Å². The van der Waals surface area contributed by atoms with Crippen LogP contribution in [0.4, 0.5) is 8.78 Å². The lowest BCUT2D eigenvalue weighted by Gasteiger charge is -2.11. The fourth-order valence-corrected chi connectivity index (χ4v) is 2.44. The smallest absolute Gasteiger partial charge is 0.387 e.